The Bertz CT molecular complexity index is 306. The van der Waals surface area contributed by atoms with Crippen LogP contribution in [0.1, 0.15) is 30.6 Å². The van der Waals surface area contributed by atoms with E-state index in [1.807, 2.05) is 0 Å². The number of aromatic amines is 1. The highest BCUT2D eigenvalue weighted by molar-refractivity contribution is 5.97. The SMILES string of the molecule is CC(C)CCNC(=O)c1cn[nH]c1N. The Kier molecular flexibility index (Phi) is 3.50. The molecular formula is C9H16N4O. The van der Waals surface area contributed by atoms with E-state index in [-0.39, 0.29) is 5.91 Å². The molecule has 0 bridgehead atoms. The molecule has 78 valence electrons. The van der Waals surface area contributed by atoms with E-state index in [0.29, 0.717) is 23.8 Å². The molecule has 0 aliphatic rings. The lowest BCUT2D eigenvalue weighted by molar-refractivity contribution is 0.0953. The van der Waals surface area contributed by atoms with Gasteiger partial charge in [0.1, 0.15) is 11.4 Å². The monoisotopic (exact) mass is 196 g/mol. The number of nitrogen functional groups attached to an aromatic ring is 1. The zero-order valence-electron chi connectivity index (χ0n) is 8.50. The van der Waals surface area contributed by atoms with Gasteiger partial charge in [-0.1, -0.05) is 13.8 Å². The van der Waals surface area contributed by atoms with Crippen molar-refractivity contribution < 1.29 is 4.79 Å². The molecule has 0 atom stereocenters. The maximum atomic E-state index is 11.5. The molecule has 0 saturated carbocycles. The van der Waals surface area contributed by atoms with Gasteiger partial charge in [-0.25, -0.2) is 0 Å². The molecule has 1 heterocycles. The summed E-state index contributed by atoms with van der Waals surface area (Å²) in [4.78, 5) is 11.5. The number of anilines is 1. The highest BCUT2D eigenvalue weighted by Gasteiger charge is 2.10. The standard InChI is InChI=1S/C9H16N4O/c1-6(2)3-4-11-9(14)7-5-12-13-8(7)10/h5-6H,3-4H2,1-2H3,(H,11,14)(H3,10,12,13). The van der Waals surface area contributed by atoms with Crippen molar-refractivity contribution >= 4 is 11.7 Å². The summed E-state index contributed by atoms with van der Waals surface area (Å²) in [5, 5.41) is 8.97. The first-order valence-corrected chi connectivity index (χ1v) is 4.68. The van der Waals surface area contributed by atoms with Gasteiger partial charge < -0.3 is 11.1 Å². The molecule has 0 spiro atoms. The van der Waals surface area contributed by atoms with Gasteiger partial charge in [-0.2, -0.15) is 5.10 Å². The summed E-state index contributed by atoms with van der Waals surface area (Å²) in [5.41, 5.74) is 5.90. The van der Waals surface area contributed by atoms with Gasteiger partial charge >= 0.3 is 0 Å². The van der Waals surface area contributed by atoms with Gasteiger partial charge in [-0.3, -0.25) is 9.89 Å². The van der Waals surface area contributed by atoms with Crippen LogP contribution in [0.3, 0.4) is 0 Å². The first-order valence-electron chi connectivity index (χ1n) is 4.68. The number of nitrogens with one attached hydrogen (secondary N) is 2. The quantitative estimate of drug-likeness (QED) is 0.665. The minimum Gasteiger partial charge on any atom is -0.383 e. The largest absolute Gasteiger partial charge is 0.383 e. The number of rotatable bonds is 4. The normalized spacial score (nSPS) is 10.5. The zero-order valence-corrected chi connectivity index (χ0v) is 8.50. The molecule has 0 aliphatic carbocycles. The van der Waals surface area contributed by atoms with E-state index < -0.39 is 0 Å². The molecule has 5 nitrogen and oxygen atoms in total. The van der Waals surface area contributed by atoms with Gasteiger partial charge in [-0.05, 0) is 12.3 Å². The fraction of sp³-hybridized carbons (Fsp3) is 0.556. The van der Waals surface area contributed by atoms with Crippen LogP contribution in [0.5, 0.6) is 0 Å². The average molecular weight is 196 g/mol. The van der Waals surface area contributed by atoms with E-state index in [1.165, 1.54) is 6.20 Å². The maximum absolute atomic E-state index is 11.5. The Morgan fingerprint density at radius 3 is 2.93 bits per heavy atom. The third-order valence-corrected chi connectivity index (χ3v) is 1.92. The molecule has 0 radical (unpaired) electrons. The maximum Gasteiger partial charge on any atom is 0.256 e. The van der Waals surface area contributed by atoms with Crippen LogP contribution in [0, 0.1) is 5.92 Å². The molecular weight excluding hydrogens is 180 g/mol. The molecule has 1 amide bonds. The number of amides is 1. The van der Waals surface area contributed by atoms with Crippen molar-refractivity contribution in [2.45, 2.75) is 20.3 Å². The average Bonchev–Trinajstić information content (AvgIpc) is 2.50. The summed E-state index contributed by atoms with van der Waals surface area (Å²) in [6.45, 7) is 4.89. The first kappa shape index (κ1) is 10.6. The number of H-pyrrole nitrogens is 1. The summed E-state index contributed by atoms with van der Waals surface area (Å²) >= 11 is 0. The van der Waals surface area contributed by atoms with Gasteiger partial charge in [0.15, 0.2) is 0 Å². The van der Waals surface area contributed by atoms with Gasteiger partial charge in [0.2, 0.25) is 0 Å². The molecule has 0 fully saturated rings. The third kappa shape index (κ3) is 2.76. The third-order valence-electron chi connectivity index (χ3n) is 1.92. The van der Waals surface area contributed by atoms with Crippen LogP contribution in [0.4, 0.5) is 5.82 Å². The number of hydrogen-bond donors (Lipinski definition) is 3. The van der Waals surface area contributed by atoms with Crippen LogP contribution < -0.4 is 11.1 Å². The fourth-order valence-corrected chi connectivity index (χ4v) is 1.05. The molecule has 4 N–H and O–H groups in total. The van der Waals surface area contributed by atoms with Crippen molar-refractivity contribution in [3.05, 3.63) is 11.8 Å². The van der Waals surface area contributed by atoms with Crippen molar-refractivity contribution in [3.8, 4) is 0 Å². The summed E-state index contributed by atoms with van der Waals surface area (Å²) in [6.07, 6.45) is 2.39. The van der Waals surface area contributed by atoms with E-state index in [0.717, 1.165) is 6.42 Å². The molecule has 14 heavy (non-hydrogen) atoms. The second kappa shape index (κ2) is 4.64. The topological polar surface area (TPSA) is 83.8 Å². The Labute approximate surface area is 83.1 Å². The van der Waals surface area contributed by atoms with Crippen molar-refractivity contribution in [3.63, 3.8) is 0 Å². The Morgan fingerprint density at radius 1 is 1.71 bits per heavy atom. The van der Waals surface area contributed by atoms with Crippen LogP contribution in [0.25, 0.3) is 0 Å². The molecule has 0 aromatic carbocycles. The first-order chi connectivity index (χ1) is 6.61. The van der Waals surface area contributed by atoms with Crippen LogP contribution in [0.15, 0.2) is 6.20 Å². The van der Waals surface area contributed by atoms with Gasteiger partial charge in [0, 0.05) is 6.54 Å². The van der Waals surface area contributed by atoms with E-state index in [4.69, 9.17) is 5.73 Å². The minimum absolute atomic E-state index is 0.170. The summed E-state index contributed by atoms with van der Waals surface area (Å²) in [6, 6.07) is 0. The summed E-state index contributed by atoms with van der Waals surface area (Å²) < 4.78 is 0. The predicted molar refractivity (Wildman–Crippen MR) is 54.8 cm³/mol. The molecule has 0 saturated heterocycles. The Balaban J connectivity index is 2.40. The fourth-order valence-electron chi connectivity index (χ4n) is 1.05. The second-order valence-corrected chi connectivity index (χ2v) is 3.64. The number of carbonyl (C=O) groups excluding carboxylic acids is 1. The molecule has 0 aliphatic heterocycles. The number of nitrogens with zero attached hydrogens (tertiary/aromatic N) is 1. The zero-order chi connectivity index (χ0) is 10.6. The lowest BCUT2D eigenvalue weighted by atomic mass is 10.1. The second-order valence-electron chi connectivity index (χ2n) is 3.64. The van der Waals surface area contributed by atoms with E-state index in [9.17, 15) is 4.79 Å². The van der Waals surface area contributed by atoms with E-state index >= 15 is 0 Å². The summed E-state index contributed by atoms with van der Waals surface area (Å²) in [5.74, 6) is 0.723. The van der Waals surface area contributed by atoms with Crippen LogP contribution in [0.2, 0.25) is 0 Å². The summed E-state index contributed by atoms with van der Waals surface area (Å²) in [7, 11) is 0. The molecule has 1 aromatic heterocycles. The van der Waals surface area contributed by atoms with Crippen molar-refractivity contribution in [2.24, 2.45) is 5.92 Å². The van der Waals surface area contributed by atoms with Gasteiger partial charge in [-0.15, -0.1) is 0 Å². The number of nitrogens with two attached hydrogens (primary N) is 1. The minimum atomic E-state index is -0.170. The number of aromatic nitrogens is 2. The highest BCUT2D eigenvalue weighted by Crippen LogP contribution is 2.05. The molecule has 5 heteroatoms. The van der Waals surface area contributed by atoms with Crippen LogP contribution in [-0.2, 0) is 0 Å². The highest BCUT2D eigenvalue weighted by atomic mass is 16.1. The van der Waals surface area contributed by atoms with E-state index in [2.05, 4.69) is 29.4 Å². The Morgan fingerprint density at radius 2 is 2.43 bits per heavy atom. The van der Waals surface area contributed by atoms with Crippen molar-refractivity contribution in [1.29, 1.82) is 0 Å². The lowest BCUT2D eigenvalue weighted by Crippen LogP contribution is -2.25. The van der Waals surface area contributed by atoms with Crippen LogP contribution >= 0.6 is 0 Å². The lowest BCUT2D eigenvalue weighted by Gasteiger charge is -2.05. The molecule has 0 unspecified atom stereocenters. The number of hydrogen-bond acceptors (Lipinski definition) is 3. The number of carbonyl (C=O) groups is 1. The van der Waals surface area contributed by atoms with Crippen molar-refractivity contribution in [1.82, 2.24) is 15.5 Å². The van der Waals surface area contributed by atoms with Gasteiger partial charge in [0.05, 0.1) is 6.20 Å². The van der Waals surface area contributed by atoms with E-state index in [1.54, 1.807) is 0 Å². The van der Waals surface area contributed by atoms with Crippen molar-refractivity contribution in [2.75, 3.05) is 12.3 Å². The van der Waals surface area contributed by atoms with Gasteiger partial charge in [0.25, 0.3) is 5.91 Å². The predicted octanol–water partition coefficient (Wildman–Crippen LogP) is 0.768. The molecule has 1 rings (SSSR count). The Hall–Kier alpha value is -1.52. The van der Waals surface area contributed by atoms with Crippen LogP contribution in [-0.4, -0.2) is 22.6 Å². The molecule has 1 aromatic rings. The smallest absolute Gasteiger partial charge is 0.256 e.